The highest BCUT2D eigenvalue weighted by Gasteiger charge is 2.09. The summed E-state index contributed by atoms with van der Waals surface area (Å²) in [4.78, 5) is 38.7. The lowest BCUT2D eigenvalue weighted by atomic mass is 10.1. The molecule has 0 heterocycles. The van der Waals surface area contributed by atoms with Crippen LogP contribution in [0.3, 0.4) is 0 Å². The summed E-state index contributed by atoms with van der Waals surface area (Å²) in [5.41, 5.74) is 1.06. The van der Waals surface area contributed by atoms with E-state index in [0.717, 1.165) is 0 Å². The second kappa shape index (κ2) is 12.5. The van der Waals surface area contributed by atoms with E-state index >= 15 is 0 Å². The molecule has 7 nitrogen and oxygen atoms in total. The highest BCUT2D eigenvalue weighted by atomic mass is 35.5. The zero-order valence-corrected chi connectivity index (χ0v) is 14.7. The lowest BCUT2D eigenvalue weighted by Crippen LogP contribution is -2.02. The number of halogens is 1. The lowest BCUT2D eigenvalue weighted by molar-refractivity contribution is -0.191. The number of carbonyl (C=O) groups excluding carboxylic acids is 4. The maximum atomic E-state index is 11.5. The van der Waals surface area contributed by atoms with Crippen molar-refractivity contribution in [3.05, 3.63) is 46.5 Å². The van der Waals surface area contributed by atoms with E-state index in [1.165, 1.54) is 26.4 Å². The van der Waals surface area contributed by atoms with E-state index in [4.69, 9.17) is 25.9 Å². The van der Waals surface area contributed by atoms with Crippen LogP contribution in [0, 0.1) is 0 Å². The summed E-state index contributed by atoms with van der Waals surface area (Å²) < 4.78 is 14.7. The van der Waals surface area contributed by atoms with E-state index in [2.05, 4.69) is 9.47 Å². The van der Waals surface area contributed by atoms with Crippen molar-refractivity contribution in [1.82, 2.24) is 0 Å². The predicted molar refractivity (Wildman–Crippen MR) is 88.8 cm³/mol. The minimum absolute atomic E-state index is 0.136. The SMILES string of the molecule is COC(=O)/C=C/COc1c(Cl)cccc1/C=C(\C)C(=O)OC.O=C=O. The molecule has 0 spiro atoms. The maximum Gasteiger partial charge on any atom is 0.373 e. The summed E-state index contributed by atoms with van der Waals surface area (Å²) in [7, 11) is 2.60. The summed E-state index contributed by atoms with van der Waals surface area (Å²) in [6.45, 7) is 1.77. The van der Waals surface area contributed by atoms with Crippen molar-refractivity contribution in [2.45, 2.75) is 6.92 Å². The molecular weight excluding hydrogens is 352 g/mol. The van der Waals surface area contributed by atoms with Crippen LogP contribution in [-0.4, -0.2) is 38.9 Å². The van der Waals surface area contributed by atoms with Crippen LogP contribution in [0.1, 0.15) is 12.5 Å². The van der Waals surface area contributed by atoms with E-state index in [1.807, 2.05) is 0 Å². The zero-order valence-electron chi connectivity index (χ0n) is 13.9. The van der Waals surface area contributed by atoms with Gasteiger partial charge < -0.3 is 14.2 Å². The Kier molecular flexibility index (Phi) is 11.1. The van der Waals surface area contributed by atoms with Crippen LogP contribution >= 0.6 is 11.6 Å². The van der Waals surface area contributed by atoms with E-state index in [9.17, 15) is 9.59 Å². The average molecular weight is 369 g/mol. The van der Waals surface area contributed by atoms with E-state index in [-0.39, 0.29) is 12.8 Å². The van der Waals surface area contributed by atoms with Gasteiger partial charge in [0, 0.05) is 17.2 Å². The Bertz CT molecular complexity index is 686. The fraction of sp³-hybridized carbons (Fsp3) is 0.235. The molecule has 0 aromatic heterocycles. The summed E-state index contributed by atoms with van der Waals surface area (Å²) in [6.07, 6.45) is 4.64. The highest BCUT2D eigenvalue weighted by molar-refractivity contribution is 6.32. The molecule has 0 aliphatic carbocycles. The van der Waals surface area contributed by atoms with Crippen LogP contribution in [0.5, 0.6) is 5.75 Å². The molecule has 0 amide bonds. The monoisotopic (exact) mass is 368 g/mol. The third-order valence-electron chi connectivity index (χ3n) is 2.66. The number of para-hydroxylation sites is 1. The third-order valence-corrected chi connectivity index (χ3v) is 2.95. The van der Waals surface area contributed by atoms with Crippen molar-refractivity contribution in [2.75, 3.05) is 20.8 Å². The Balaban J connectivity index is 0.00000178. The first-order chi connectivity index (χ1) is 11.9. The number of hydrogen-bond acceptors (Lipinski definition) is 7. The van der Waals surface area contributed by atoms with Crippen molar-refractivity contribution >= 4 is 35.8 Å². The topological polar surface area (TPSA) is 96.0 Å². The quantitative estimate of drug-likeness (QED) is 0.562. The number of methoxy groups -OCH3 is 2. The molecule has 0 N–H and O–H groups in total. The number of esters is 2. The second-order valence-electron chi connectivity index (χ2n) is 4.30. The molecule has 1 rings (SSSR count). The Morgan fingerprint density at radius 2 is 1.84 bits per heavy atom. The second-order valence-corrected chi connectivity index (χ2v) is 4.70. The zero-order chi connectivity index (χ0) is 19.2. The van der Waals surface area contributed by atoms with Gasteiger partial charge in [-0.15, -0.1) is 0 Å². The molecule has 0 radical (unpaired) electrons. The Labute approximate surface area is 149 Å². The van der Waals surface area contributed by atoms with Crippen LogP contribution in [0.25, 0.3) is 6.08 Å². The fourth-order valence-corrected chi connectivity index (χ4v) is 1.82. The van der Waals surface area contributed by atoms with Crippen molar-refractivity contribution < 1.29 is 33.4 Å². The number of ether oxygens (including phenoxy) is 3. The largest absolute Gasteiger partial charge is 0.487 e. The smallest absolute Gasteiger partial charge is 0.373 e. The van der Waals surface area contributed by atoms with Gasteiger partial charge in [-0.2, -0.15) is 9.59 Å². The fourth-order valence-electron chi connectivity index (χ4n) is 1.59. The summed E-state index contributed by atoms with van der Waals surface area (Å²) in [5, 5.41) is 0.401. The van der Waals surface area contributed by atoms with Gasteiger partial charge in [-0.05, 0) is 25.1 Å². The number of hydrogen-bond donors (Lipinski definition) is 0. The summed E-state index contributed by atoms with van der Waals surface area (Å²) in [5.74, 6) is -0.483. The molecule has 0 saturated carbocycles. The standard InChI is InChI=1S/C16H17ClO5.CO2/c1-11(16(19)21-3)10-12-6-4-7-13(17)15(12)22-9-5-8-14(18)20-2;2-1-3/h4-8,10H,9H2,1-3H3;/b8-5+,11-10+;. The minimum atomic E-state index is -0.468. The predicted octanol–water partition coefficient (Wildman–Crippen LogP) is 2.44. The molecule has 0 fully saturated rings. The van der Waals surface area contributed by atoms with Crippen LogP contribution in [0.4, 0.5) is 0 Å². The van der Waals surface area contributed by atoms with Gasteiger partial charge in [0.2, 0.25) is 0 Å². The van der Waals surface area contributed by atoms with Gasteiger partial charge in [-0.25, -0.2) is 9.59 Å². The molecule has 0 aliphatic heterocycles. The number of rotatable bonds is 6. The van der Waals surface area contributed by atoms with Crippen LogP contribution < -0.4 is 4.74 Å². The molecule has 0 bridgehead atoms. The Morgan fingerprint density at radius 1 is 1.20 bits per heavy atom. The average Bonchev–Trinajstić information content (AvgIpc) is 2.60. The van der Waals surface area contributed by atoms with Crippen molar-refractivity contribution in [3.8, 4) is 5.75 Å². The van der Waals surface area contributed by atoms with E-state index in [1.54, 1.807) is 31.2 Å². The van der Waals surface area contributed by atoms with Gasteiger partial charge >= 0.3 is 18.1 Å². The third kappa shape index (κ3) is 8.50. The van der Waals surface area contributed by atoms with Gasteiger partial charge in [-0.3, -0.25) is 0 Å². The maximum absolute atomic E-state index is 11.5. The number of benzene rings is 1. The molecule has 25 heavy (non-hydrogen) atoms. The minimum Gasteiger partial charge on any atom is -0.487 e. The summed E-state index contributed by atoms with van der Waals surface area (Å²) >= 11 is 6.11. The first-order valence-corrected chi connectivity index (χ1v) is 7.20. The molecule has 8 heteroatoms. The summed E-state index contributed by atoms with van der Waals surface area (Å²) in [6, 6.07) is 5.18. The molecule has 0 unspecified atom stereocenters. The molecular formula is C17H17ClO7. The van der Waals surface area contributed by atoms with Crippen LogP contribution in [0.2, 0.25) is 5.02 Å². The van der Waals surface area contributed by atoms with Crippen LogP contribution in [-0.2, 0) is 28.7 Å². The lowest BCUT2D eigenvalue weighted by Gasteiger charge is -2.10. The Hall–Kier alpha value is -2.89. The van der Waals surface area contributed by atoms with E-state index < -0.39 is 11.9 Å². The molecule has 1 aromatic carbocycles. The highest BCUT2D eigenvalue weighted by Crippen LogP contribution is 2.30. The Morgan fingerprint density at radius 3 is 2.40 bits per heavy atom. The molecule has 134 valence electrons. The molecule has 0 atom stereocenters. The first-order valence-electron chi connectivity index (χ1n) is 6.82. The molecule has 0 aliphatic rings. The van der Waals surface area contributed by atoms with Gasteiger partial charge in [-0.1, -0.05) is 23.7 Å². The molecule has 0 saturated heterocycles. The van der Waals surface area contributed by atoms with Gasteiger partial charge in [0.15, 0.2) is 0 Å². The van der Waals surface area contributed by atoms with E-state index in [0.29, 0.717) is 21.9 Å². The van der Waals surface area contributed by atoms with Gasteiger partial charge in [0.05, 0.1) is 19.2 Å². The first kappa shape index (κ1) is 22.1. The number of carbonyl (C=O) groups is 2. The van der Waals surface area contributed by atoms with Crippen molar-refractivity contribution in [2.24, 2.45) is 0 Å². The van der Waals surface area contributed by atoms with Gasteiger partial charge in [0.1, 0.15) is 12.4 Å². The molecule has 1 aromatic rings. The van der Waals surface area contributed by atoms with Crippen molar-refractivity contribution in [1.29, 1.82) is 0 Å². The van der Waals surface area contributed by atoms with Gasteiger partial charge in [0.25, 0.3) is 0 Å². The van der Waals surface area contributed by atoms with Crippen LogP contribution in [0.15, 0.2) is 35.9 Å². The van der Waals surface area contributed by atoms with Crippen molar-refractivity contribution in [3.63, 3.8) is 0 Å². The normalized spacial score (nSPS) is 10.3.